The molecule has 0 amide bonds. The molecule has 4 rings (SSSR count). The molecule has 3 aromatic carbocycles. The van der Waals surface area contributed by atoms with Gasteiger partial charge in [0.25, 0.3) is 0 Å². The summed E-state index contributed by atoms with van der Waals surface area (Å²) >= 11 is 0. The molecule has 3 aromatic rings. The molecule has 1 aliphatic carbocycles. The zero-order valence-corrected chi connectivity index (χ0v) is 16.3. The highest BCUT2D eigenvalue weighted by Crippen LogP contribution is 2.36. The fourth-order valence-corrected chi connectivity index (χ4v) is 3.93. The van der Waals surface area contributed by atoms with Gasteiger partial charge in [0, 0.05) is 5.56 Å². The van der Waals surface area contributed by atoms with Crippen molar-refractivity contribution in [1.29, 1.82) is 0 Å². The van der Waals surface area contributed by atoms with E-state index in [1.165, 1.54) is 30.2 Å². The monoisotopic (exact) mass is 390 g/mol. The highest BCUT2D eigenvalue weighted by molar-refractivity contribution is 5.82. The second-order valence-electron chi connectivity index (χ2n) is 7.46. The first-order valence-corrected chi connectivity index (χ1v) is 10.2. The lowest BCUT2D eigenvalue weighted by atomic mass is 9.85. The average Bonchev–Trinajstić information content (AvgIpc) is 2.77. The molecule has 0 spiro atoms. The van der Waals surface area contributed by atoms with Gasteiger partial charge in [0.15, 0.2) is 0 Å². The lowest BCUT2D eigenvalue weighted by Crippen LogP contribution is -2.03. The van der Waals surface area contributed by atoms with E-state index < -0.39 is 5.82 Å². The maximum Gasteiger partial charge on any atom is 0.131 e. The van der Waals surface area contributed by atoms with Crippen molar-refractivity contribution in [2.75, 3.05) is 0 Å². The number of allylic oxidation sites excluding steroid dienone is 1. The lowest BCUT2D eigenvalue weighted by molar-refractivity contribution is 0.306. The van der Waals surface area contributed by atoms with E-state index in [1.54, 1.807) is 0 Å². The Bertz CT molecular complexity index is 983. The average molecular weight is 390 g/mol. The van der Waals surface area contributed by atoms with Gasteiger partial charge in [0.1, 0.15) is 24.0 Å². The third-order valence-electron chi connectivity index (χ3n) is 5.40. The van der Waals surface area contributed by atoms with Crippen LogP contribution < -0.4 is 4.74 Å². The molecule has 0 aliphatic heterocycles. The van der Waals surface area contributed by atoms with Gasteiger partial charge >= 0.3 is 0 Å². The van der Waals surface area contributed by atoms with Crippen molar-refractivity contribution in [2.24, 2.45) is 0 Å². The SMILES string of the molecule is Fc1ccc(F)c(C(=C2CCCCC2)c2ccc(OCc3ccccc3)cc2)c1. The van der Waals surface area contributed by atoms with E-state index in [-0.39, 0.29) is 5.82 Å². The van der Waals surface area contributed by atoms with Gasteiger partial charge in [-0.1, -0.05) is 54.5 Å². The third-order valence-corrected chi connectivity index (χ3v) is 5.40. The van der Waals surface area contributed by atoms with Crippen LogP contribution in [-0.4, -0.2) is 0 Å². The van der Waals surface area contributed by atoms with Crippen molar-refractivity contribution >= 4 is 5.57 Å². The number of ether oxygens (including phenoxy) is 1. The Morgan fingerprint density at radius 3 is 2.24 bits per heavy atom. The first-order valence-electron chi connectivity index (χ1n) is 10.2. The van der Waals surface area contributed by atoms with Gasteiger partial charge in [-0.05, 0) is 72.7 Å². The highest BCUT2D eigenvalue weighted by Gasteiger charge is 2.18. The van der Waals surface area contributed by atoms with Crippen LogP contribution in [0.3, 0.4) is 0 Å². The smallest absolute Gasteiger partial charge is 0.131 e. The highest BCUT2D eigenvalue weighted by atomic mass is 19.1. The Labute approximate surface area is 170 Å². The Morgan fingerprint density at radius 1 is 0.793 bits per heavy atom. The van der Waals surface area contributed by atoms with E-state index in [0.717, 1.165) is 48.1 Å². The maximum absolute atomic E-state index is 14.6. The van der Waals surface area contributed by atoms with Crippen molar-refractivity contribution in [2.45, 2.75) is 38.7 Å². The van der Waals surface area contributed by atoms with E-state index >= 15 is 0 Å². The molecule has 29 heavy (non-hydrogen) atoms. The van der Waals surface area contributed by atoms with Gasteiger partial charge in [-0.25, -0.2) is 8.78 Å². The molecule has 1 aliphatic rings. The molecule has 1 saturated carbocycles. The van der Waals surface area contributed by atoms with Crippen molar-refractivity contribution in [3.05, 3.63) is 107 Å². The molecule has 0 heterocycles. The predicted octanol–water partition coefficient (Wildman–Crippen LogP) is 7.31. The summed E-state index contributed by atoms with van der Waals surface area (Å²) in [4.78, 5) is 0. The first-order chi connectivity index (χ1) is 14.2. The third kappa shape index (κ3) is 4.73. The molecule has 0 aromatic heterocycles. The minimum absolute atomic E-state index is 0.347. The normalized spacial score (nSPS) is 13.9. The van der Waals surface area contributed by atoms with Crippen LogP contribution in [0.15, 0.2) is 78.4 Å². The Morgan fingerprint density at radius 2 is 1.52 bits per heavy atom. The second kappa shape index (κ2) is 9.04. The maximum atomic E-state index is 14.6. The van der Waals surface area contributed by atoms with Crippen LogP contribution in [0.25, 0.3) is 5.57 Å². The van der Waals surface area contributed by atoms with Crippen LogP contribution in [0.5, 0.6) is 5.75 Å². The second-order valence-corrected chi connectivity index (χ2v) is 7.46. The summed E-state index contributed by atoms with van der Waals surface area (Å²) in [6.45, 7) is 0.493. The Kier molecular flexibility index (Phi) is 6.04. The molecular weight excluding hydrogens is 366 g/mol. The molecule has 0 bridgehead atoms. The molecule has 1 fully saturated rings. The lowest BCUT2D eigenvalue weighted by Gasteiger charge is -2.21. The summed E-state index contributed by atoms with van der Waals surface area (Å²) in [7, 11) is 0. The van der Waals surface area contributed by atoms with E-state index in [1.807, 2.05) is 54.6 Å². The van der Waals surface area contributed by atoms with E-state index in [0.29, 0.717) is 12.2 Å². The van der Waals surface area contributed by atoms with Crippen LogP contribution in [-0.2, 0) is 6.61 Å². The summed E-state index contributed by atoms with van der Waals surface area (Å²) in [5, 5.41) is 0. The van der Waals surface area contributed by atoms with Crippen molar-refractivity contribution < 1.29 is 13.5 Å². The van der Waals surface area contributed by atoms with Gasteiger partial charge in [0.2, 0.25) is 0 Å². The topological polar surface area (TPSA) is 9.23 Å². The predicted molar refractivity (Wildman–Crippen MR) is 113 cm³/mol. The Hall–Kier alpha value is -2.94. The standard InChI is InChI=1S/C26H24F2O/c27-22-13-16-25(28)24(17-22)26(20-9-5-2-6-10-20)21-11-14-23(15-12-21)29-18-19-7-3-1-4-8-19/h1,3-4,7-8,11-17H,2,5-6,9-10,18H2. The molecule has 0 unspecified atom stereocenters. The molecule has 0 radical (unpaired) electrons. The molecule has 3 heteroatoms. The zero-order chi connectivity index (χ0) is 20.1. The van der Waals surface area contributed by atoms with Crippen LogP contribution in [0.4, 0.5) is 8.78 Å². The van der Waals surface area contributed by atoms with Crippen molar-refractivity contribution in [3.63, 3.8) is 0 Å². The van der Waals surface area contributed by atoms with E-state index in [9.17, 15) is 8.78 Å². The summed E-state index contributed by atoms with van der Waals surface area (Å²) in [6, 6.07) is 21.4. The minimum atomic E-state index is -0.418. The first kappa shape index (κ1) is 19.4. The van der Waals surface area contributed by atoms with Crippen LogP contribution >= 0.6 is 0 Å². The fraction of sp³-hybridized carbons (Fsp3) is 0.231. The van der Waals surface area contributed by atoms with Crippen LogP contribution in [0, 0.1) is 11.6 Å². The summed E-state index contributed by atoms with van der Waals surface area (Å²) in [5.74, 6) is -0.0488. The molecule has 0 saturated heterocycles. The number of halogens is 2. The molecule has 1 nitrogen and oxygen atoms in total. The van der Waals surface area contributed by atoms with Crippen molar-refractivity contribution in [1.82, 2.24) is 0 Å². The van der Waals surface area contributed by atoms with Crippen LogP contribution in [0.1, 0.15) is 48.8 Å². The van der Waals surface area contributed by atoms with E-state index in [2.05, 4.69) is 0 Å². The number of benzene rings is 3. The summed E-state index contributed by atoms with van der Waals surface area (Å²) in [6.07, 6.45) is 5.23. The zero-order valence-electron chi connectivity index (χ0n) is 16.3. The largest absolute Gasteiger partial charge is 0.489 e. The van der Waals surface area contributed by atoms with Gasteiger partial charge in [0.05, 0.1) is 0 Å². The van der Waals surface area contributed by atoms with Gasteiger partial charge in [-0.3, -0.25) is 0 Å². The van der Waals surface area contributed by atoms with Gasteiger partial charge in [-0.2, -0.15) is 0 Å². The molecule has 0 atom stereocenters. The summed E-state index contributed by atoms with van der Waals surface area (Å²) in [5.41, 5.74) is 4.39. The fourth-order valence-electron chi connectivity index (χ4n) is 3.93. The van der Waals surface area contributed by atoms with Crippen LogP contribution in [0.2, 0.25) is 0 Å². The minimum Gasteiger partial charge on any atom is -0.489 e. The summed E-state index contributed by atoms with van der Waals surface area (Å²) < 4.78 is 34.4. The number of hydrogen-bond acceptors (Lipinski definition) is 1. The van der Waals surface area contributed by atoms with Gasteiger partial charge in [-0.15, -0.1) is 0 Å². The van der Waals surface area contributed by atoms with E-state index in [4.69, 9.17) is 4.74 Å². The molecule has 0 N–H and O–H groups in total. The number of rotatable bonds is 5. The van der Waals surface area contributed by atoms with Crippen molar-refractivity contribution in [3.8, 4) is 5.75 Å². The number of hydrogen-bond donors (Lipinski definition) is 0. The van der Waals surface area contributed by atoms with Gasteiger partial charge < -0.3 is 4.74 Å². The molecule has 148 valence electrons. The Balaban J connectivity index is 1.64. The molecular formula is C26H24F2O. The quantitative estimate of drug-likeness (QED) is 0.444.